The number of nitrogens with one attached hydrogen (secondary N) is 2. The van der Waals surface area contributed by atoms with E-state index in [0.29, 0.717) is 23.6 Å². The molecular formula is C24H28N2O2. The van der Waals surface area contributed by atoms with Crippen LogP contribution in [0.1, 0.15) is 61.0 Å². The lowest BCUT2D eigenvalue weighted by Gasteiger charge is -2.21. The molecule has 28 heavy (non-hydrogen) atoms. The van der Waals surface area contributed by atoms with E-state index in [4.69, 9.17) is 0 Å². The van der Waals surface area contributed by atoms with E-state index in [-0.39, 0.29) is 17.9 Å². The predicted octanol–water partition coefficient (Wildman–Crippen LogP) is 4.94. The van der Waals surface area contributed by atoms with Gasteiger partial charge < -0.3 is 10.6 Å². The molecule has 0 aliphatic heterocycles. The van der Waals surface area contributed by atoms with Gasteiger partial charge in [0.15, 0.2) is 0 Å². The minimum absolute atomic E-state index is 0.0221. The largest absolute Gasteiger partial charge is 0.345 e. The summed E-state index contributed by atoms with van der Waals surface area (Å²) in [6, 6.07) is 17.0. The number of amides is 2. The molecule has 2 N–H and O–H groups in total. The van der Waals surface area contributed by atoms with Crippen molar-refractivity contribution < 1.29 is 9.59 Å². The van der Waals surface area contributed by atoms with Crippen molar-refractivity contribution in [2.24, 2.45) is 17.8 Å². The van der Waals surface area contributed by atoms with E-state index in [2.05, 4.69) is 10.6 Å². The van der Waals surface area contributed by atoms with Crippen molar-refractivity contribution in [1.82, 2.24) is 5.32 Å². The highest BCUT2D eigenvalue weighted by Gasteiger charge is 2.40. The first kappa shape index (κ1) is 18.7. The topological polar surface area (TPSA) is 58.2 Å². The van der Waals surface area contributed by atoms with Crippen LogP contribution in [0.5, 0.6) is 0 Å². The van der Waals surface area contributed by atoms with Crippen LogP contribution < -0.4 is 10.6 Å². The third-order valence-corrected chi connectivity index (χ3v) is 6.43. The summed E-state index contributed by atoms with van der Waals surface area (Å²) in [6.07, 6.45) is 5.67. The molecule has 0 aromatic heterocycles. The molecule has 2 saturated carbocycles. The quantitative estimate of drug-likeness (QED) is 0.750. The van der Waals surface area contributed by atoms with Gasteiger partial charge in [-0.2, -0.15) is 0 Å². The molecule has 2 fully saturated rings. The lowest BCUT2D eigenvalue weighted by molar-refractivity contribution is -0.117. The van der Waals surface area contributed by atoms with Gasteiger partial charge in [-0.15, -0.1) is 0 Å². The first-order valence-corrected chi connectivity index (χ1v) is 10.3. The number of hydrogen-bond donors (Lipinski definition) is 2. The van der Waals surface area contributed by atoms with Gasteiger partial charge in [0.1, 0.15) is 0 Å². The van der Waals surface area contributed by atoms with E-state index < -0.39 is 0 Å². The Hall–Kier alpha value is -2.62. The van der Waals surface area contributed by atoms with Crippen LogP contribution in [0.4, 0.5) is 5.69 Å². The zero-order valence-electron chi connectivity index (χ0n) is 16.4. The molecule has 0 saturated heterocycles. The van der Waals surface area contributed by atoms with Gasteiger partial charge in [-0.25, -0.2) is 0 Å². The molecule has 0 heterocycles. The molecule has 4 atom stereocenters. The highest BCUT2D eigenvalue weighted by Crippen LogP contribution is 2.49. The van der Waals surface area contributed by atoms with E-state index in [1.54, 1.807) is 12.1 Å². The van der Waals surface area contributed by atoms with Gasteiger partial charge in [-0.05, 0) is 61.6 Å². The van der Waals surface area contributed by atoms with Crippen molar-refractivity contribution in [2.45, 2.75) is 45.1 Å². The zero-order valence-corrected chi connectivity index (χ0v) is 16.4. The molecule has 2 aromatic carbocycles. The predicted molar refractivity (Wildman–Crippen MR) is 111 cm³/mol. The second-order valence-electron chi connectivity index (χ2n) is 8.34. The van der Waals surface area contributed by atoms with Gasteiger partial charge in [-0.3, -0.25) is 9.59 Å². The molecule has 0 unspecified atom stereocenters. The molecule has 146 valence electrons. The van der Waals surface area contributed by atoms with Crippen LogP contribution >= 0.6 is 0 Å². The summed E-state index contributed by atoms with van der Waals surface area (Å²) in [5.74, 6) is 1.92. The molecule has 4 rings (SSSR count). The summed E-state index contributed by atoms with van der Waals surface area (Å²) in [5, 5.41) is 6.02. The molecule has 2 aliphatic carbocycles. The van der Waals surface area contributed by atoms with Gasteiger partial charge in [-0.1, -0.05) is 48.9 Å². The number of hydrogen-bond acceptors (Lipinski definition) is 2. The van der Waals surface area contributed by atoms with Crippen molar-refractivity contribution >= 4 is 17.5 Å². The Labute approximate surface area is 166 Å². The first-order chi connectivity index (χ1) is 13.6. The Morgan fingerprint density at radius 1 is 1.00 bits per heavy atom. The van der Waals surface area contributed by atoms with E-state index in [9.17, 15) is 9.59 Å². The molecular weight excluding hydrogens is 348 g/mol. The SMILES string of the molecule is C[C@H](NC(=O)c1ccccc1NC(=O)C[C@H]1C[C@H]2CC[C@H]1C2)c1ccccc1. The summed E-state index contributed by atoms with van der Waals surface area (Å²) in [7, 11) is 0. The molecule has 2 bridgehead atoms. The maximum absolute atomic E-state index is 12.8. The van der Waals surface area contributed by atoms with Gasteiger partial charge >= 0.3 is 0 Å². The Bertz CT molecular complexity index is 849. The van der Waals surface area contributed by atoms with E-state index >= 15 is 0 Å². The first-order valence-electron chi connectivity index (χ1n) is 10.3. The van der Waals surface area contributed by atoms with Crippen molar-refractivity contribution in [2.75, 3.05) is 5.32 Å². The number of fused-ring (bicyclic) bond motifs is 2. The Morgan fingerprint density at radius 2 is 1.75 bits per heavy atom. The third-order valence-electron chi connectivity index (χ3n) is 6.43. The average Bonchev–Trinajstić information content (AvgIpc) is 3.32. The third kappa shape index (κ3) is 4.11. The van der Waals surface area contributed by atoms with Crippen LogP contribution in [-0.2, 0) is 4.79 Å². The standard InChI is InChI=1S/C24H28N2O2/c1-16(18-7-3-2-4-8-18)25-24(28)21-9-5-6-10-22(21)26-23(27)15-20-14-17-11-12-19(20)13-17/h2-10,16-17,19-20H,11-15H2,1H3,(H,25,28)(H,26,27)/t16-,17-,19-,20+/m0/s1. The van der Waals surface area contributed by atoms with Crippen molar-refractivity contribution in [3.05, 3.63) is 65.7 Å². The van der Waals surface area contributed by atoms with Crippen LogP contribution in [0.25, 0.3) is 0 Å². The highest BCUT2D eigenvalue weighted by atomic mass is 16.2. The summed E-state index contributed by atoms with van der Waals surface area (Å²) < 4.78 is 0. The van der Waals surface area contributed by atoms with Crippen molar-refractivity contribution in [3.63, 3.8) is 0 Å². The number of para-hydroxylation sites is 1. The number of carbonyl (C=O) groups is 2. The van der Waals surface area contributed by atoms with Crippen LogP contribution in [-0.4, -0.2) is 11.8 Å². The van der Waals surface area contributed by atoms with Crippen LogP contribution in [0.3, 0.4) is 0 Å². The highest BCUT2D eigenvalue weighted by molar-refractivity contribution is 6.03. The number of anilines is 1. The van der Waals surface area contributed by atoms with Crippen LogP contribution in [0.2, 0.25) is 0 Å². The molecule has 2 amide bonds. The molecule has 2 aromatic rings. The lowest BCUT2D eigenvalue weighted by Crippen LogP contribution is -2.28. The van der Waals surface area contributed by atoms with E-state index in [1.807, 2.05) is 49.4 Å². The molecule has 2 aliphatic rings. The van der Waals surface area contributed by atoms with Crippen LogP contribution in [0.15, 0.2) is 54.6 Å². The fraction of sp³-hybridized carbons (Fsp3) is 0.417. The van der Waals surface area contributed by atoms with Crippen molar-refractivity contribution in [1.29, 1.82) is 0 Å². The van der Waals surface area contributed by atoms with E-state index in [0.717, 1.165) is 17.4 Å². The number of carbonyl (C=O) groups excluding carboxylic acids is 2. The van der Waals surface area contributed by atoms with Gasteiger partial charge in [0.05, 0.1) is 17.3 Å². The number of benzene rings is 2. The fourth-order valence-corrected chi connectivity index (χ4v) is 4.96. The Balaban J connectivity index is 1.40. The molecule has 0 radical (unpaired) electrons. The zero-order chi connectivity index (χ0) is 19.5. The minimum atomic E-state index is -0.174. The van der Waals surface area contributed by atoms with Gasteiger partial charge in [0.25, 0.3) is 5.91 Å². The molecule has 0 spiro atoms. The van der Waals surface area contributed by atoms with Crippen molar-refractivity contribution in [3.8, 4) is 0 Å². The minimum Gasteiger partial charge on any atom is -0.345 e. The summed E-state index contributed by atoms with van der Waals surface area (Å²) in [5.41, 5.74) is 2.15. The van der Waals surface area contributed by atoms with Gasteiger partial charge in [0.2, 0.25) is 5.91 Å². The van der Waals surface area contributed by atoms with Gasteiger partial charge in [0, 0.05) is 6.42 Å². The summed E-state index contributed by atoms with van der Waals surface area (Å²) in [6.45, 7) is 1.96. The summed E-state index contributed by atoms with van der Waals surface area (Å²) in [4.78, 5) is 25.4. The Morgan fingerprint density at radius 3 is 2.46 bits per heavy atom. The van der Waals surface area contributed by atoms with E-state index in [1.165, 1.54) is 25.7 Å². The number of rotatable bonds is 6. The summed E-state index contributed by atoms with van der Waals surface area (Å²) >= 11 is 0. The fourth-order valence-electron chi connectivity index (χ4n) is 4.96. The molecule has 4 heteroatoms. The molecule has 4 nitrogen and oxygen atoms in total. The normalized spacial score (nSPS) is 24.0. The smallest absolute Gasteiger partial charge is 0.253 e. The second kappa shape index (κ2) is 8.17. The maximum atomic E-state index is 12.8. The second-order valence-corrected chi connectivity index (χ2v) is 8.34. The lowest BCUT2D eigenvalue weighted by atomic mass is 9.86. The maximum Gasteiger partial charge on any atom is 0.253 e. The van der Waals surface area contributed by atoms with Crippen LogP contribution in [0, 0.1) is 17.8 Å². The Kier molecular flexibility index (Phi) is 5.47. The monoisotopic (exact) mass is 376 g/mol. The average molecular weight is 377 g/mol.